The van der Waals surface area contributed by atoms with Crippen LogP contribution in [0, 0.1) is 0 Å². The fourth-order valence-corrected chi connectivity index (χ4v) is 5.90. The quantitative estimate of drug-likeness (QED) is 0.680. The lowest BCUT2D eigenvalue weighted by molar-refractivity contribution is -0.124. The molecule has 1 atom stereocenters. The highest BCUT2D eigenvalue weighted by Gasteiger charge is 2.29. The molecule has 0 spiro atoms. The SMILES string of the molecule is O=C(C[C@@H]1Sc2ccccc2NC1=O)NCc1ccc(S(=O)(=O)N2CCOCC2)cc1. The van der Waals surface area contributed by atoms with Crippen LogP contribution in [0.3, 0.4) is 0 Å². The van der Waals surface area contributed by atoms with Crippen molar-refractivity contribution < 1.29 is 22.7 Å². The van der Waals surface area contributed by atoms with E-state index >= 15 is 0 Å². The highest BCUT2D eigenvalue weighted by Crippen LogP contribution is 2.36. The third kappa shape index (κ3) is 5.09. The third-order valence-electron chi connectivity index (χ3n) is 5.10. The van der Waals surface area contributed by atoms with Crippen molar-refractivity contribution in [3.8, 4) is 0 Å². The van der Waals surface area contributed by atoms with Gasteiger partial charge in [0.2, 0.25) is 21.8 Å². The Morgan fingerprint density at radius 2 is 1.84 bits per heavy atom. The van der Waals surface area contributed by atoms with E-state index in [1.54, 1.807) is 24.3 Å². The first kappa shape index (κ1) is 21.8. The first-order chi connectivity index (χ1) is 14.9. The van der Waals surface area contributed by atoms with Crippen LogP contribution in [0.15, 0.2) is 58.3 Å². The molecule has 10 heteroatoms. The summed E-state index contributed by atoms with van der Waals surface area (Å²) in [4.78, 5) is 25.8. The van der Waals surface area contributed by atoms with Crippen LogP contribution in [-0.2, 0) is 30.9 Å². The summed E-state index contributed by atoms with van der Waals surface area (Å²) in [5.74, 6) is -0.423. The van der Waals surface area contributed by atoms with Gasteiger partial charge in [-0.2, -0.15) is 4.31 Å². The molecule has 2 heterocycles. The normalized spacial score (nSPS) is 19.4. The van der Waals surface area contributed by atoms with Gasteiger partial charge in [-0.05, 0) is 29.8 Å². The van der Waals surface area contributed by atoms with Crippen LogP contribution < -0.4 is 10.6 Å². The number of thioether (sulfide) groups is 1. The zero-order valence-corrected chi connectivity index (χ0v) is 18.4. The van der Waals surface area contributed by atoms with Gasteiger partial charge in [-0.1, -0.05) is 24.3 Å². The molecule has 2 N–H and O–H groups in total. The van der Waals surface area contributed by atoms with Crippen LogP contribution in [0.4, 0.5) is 5.69 Å². The molecule has 31 heavy (non-hydrogen) atoms. The molecule has 4 rings (SSSR count). The number of hydrogen-bond donors (Lipinski definition) is 2. The summed E-state index contributed by atoms with van der Waals surface area (Å²) >= 11 is 1.38. The Kier molecular flexibility index (Phi) is 6.61. The Bertz CT molecular complexity index is 1070. The lowest BCUT2D eigenvalue weighted by atomic mass is 10.2. The number of benzene rings is 2. The molecule has 0 aromatic heterocycles. The number of anilines is 1. The zero-order valence-electron chi connectivity index (χ0n) is 16.7. The zero-order chi connectivity index (χ0) is 21.8. The van der Waals surface area contributed by atoms with Crippen molar-refractivity contribution in [1.82, 2.24) is 9.62 Å². The molecular weight excluding hydrogens is 438 g/mol. The van der Waals surface area contributed by atoms with Crippen LogP contribution in [-0.4, -0.2) is 56.1 Å². The second kappa shape index (κ2) is 9.39. The largest absolute Gasteiger partial charge is 0.379 e. The van der Waals surface area contributed by atoms with Gasteiger partial charge in [0.15, 0.2) is 0 Å². The number of morpholine rings is 1. The van der Waals surface area contributed by atoms with Crippen molar-refractivity contribution in [2.75, 3.05) is 31.6 Å². The van der Waals surface area contributed by atoms with E-state index in [-0.39, 0.29) is 29.7 Å². The van der Waals surface area contributed by atoms with E-state index in [9.17, 15) is 18.0 Å². The van der Waals surface area contributed by atoms with Crippen molar-refractivity contribution in [2.45, 2.75) is 28.0 Å². The Morgan fingerprint density at radius 1 is 1.13 bits per heavy atom. The highest BCUT2D eigenvalue weighted by molar-refractivity contribution is 8.01. The third-order valence-corrected chi connectivity index (χ3v) is 8.29. The molecule has 0 aliphatic carbocycles. The molecule has 0 unspecified atom stereocenters. The van der Waals surface area contributed by atoms with Crippen LogP contribution in [0.5, 0.6) is 0 Å². The predicted molar refractivity (Wildman–Crippen MR) is 117 cm³/mol. The summed E-state index contributed by atoms with van der Waals surface area (Å²) < 4.78 is 32.0. The minimum absolute atomic E-state index is 0.0638. The van der Waals surface area contributed by atoms with Gasteiger partial charge in [-0.25, -0.2) is 8.42 Å². The molecule has 2 aromatic rings. The molecule has 8 nitrogen and oxygen atoms in total. The second-order valence-electron chi connectivity index (χ2n) is 7.23. The Morgan fingerprint density at radius 3 is 2.58 bits per heavy atom. The van der Waals surface area contributed by atoms with Gasteiger partial charge >= 0.3 is 0 Å². The maximum absolute atomic E-state index is 12.7. The first-order valence-corrected chi connectivity index (χ1v) is 12.3. The van der Waals surface area contributed by atoms with E-state index in [0.717, 1.165) is 16.1 Å². The van der Waals surface area contributed by atoms with Crippen molar-refractivity contribution >= 4 is 39.3 Å². The first-order valence-electron chi connectivity index (χ1n) is 9.93. The minimum atomic E-state index is -3.54. The second-order valence-corrected chi connectivity index (χ2v) is 10.4. The van der Waals surface area contributed by atoms with Gasteiger partial charge < -0.3 is 15.4 Å². The number of carbonyl (C=O) groups excluding carboxylic acids is 2. The van der Waals surface area contributed by atoms with Crippen LogP contribution in [0.1, 0.15) is 12.0 Å². The summed E-state index contributed by atoms with van der Waals surface area (Å²) in [7, 11) is -3.54. The topological polar surface area (TPSA) is 105 Å². The maximum atomic E-state index is 12.7. The molecule has 1 saturated heterocycles. The van der Waals surface area contributed by atoms with E-state index in [0.29, 0.717) is 26.3 Å². The number of nitrogens with one attached hydrogen (secondary N) is 2. The maximum Gasteiger partial charge on any atom is 0.243 e. The minimum Gasteiger partial charge on any atom is -0.379 e. The molecule has 0 bridgehead atoms. The average molecular weight is 462 g/mol. The van der Waals surface area contributed by atoms with Crippen LogP contribution >= 0.6 is 11.8 Å². The highest BCUT2D eigenvalue weighted by atomic mass is 32.2. The summed E-state index contributed by atoms with van der Waals surface area (Å²) in [6.07, 6.45) is 0.0638. The Hall–Kier alpha value is -2.40. The average Bonchev–Trinajstić information content (AvgIpc) is 2.79. The predicted octanol–water partition coefficient (Wildman–Crippen LogP) is 1.83. The number of carbonyl (C=O) groups is 2. The smallest absolute Gasteiger partial charge is 0.243 e. The number of para-hydroxylation sites is 1. The van der Waals surface area contributed by atoms with E-state index in [2.05, 4.69) is 10.6 Å². The lowest BCUT2D eigenvalue weighted by Gasteiger charge is -2.26. The number of nitrogens with zero attached hydrogens (tertiary/aromatic N) is 1. The summed E-state index contributed by atoms with van der Waals surface area (Å²) in [6.45, 7) is 1.74. The van der Waals surface area contributed by atoms with Crippen LogP contribution in [0.2, 0.25) is 0 Å². The standard InChI is InChI=1S/C21H23N3O5S2/c25-20(13-19-21(26)23-17-3-1-2-4-18(17)30-19)22-14-15-5-7-16(8-6-15)31(27,28)24-9-11-29-12-10-24/h1-8,19H,9-14H2,(H,22,25)(H,23,26)/t19-/m0/s1. The van der Waals surface area contributed by atoms with Gasteiger partial charge in [-0.15, -0.1) is 11.8 Å². The van der Waals surface area contributed by atoms with Gasteiger partial charge in [-0.3, -0.25) is 9.59 Å². The fraction of sp³-hybridized carbons (Fsp3) is 0.333. The molecule has 2 aliphatic heterocycles. The van der Waals surface area contributed by atoms with E-state index in [1.165, 1.54) is 16.1 Å². The molecule has 0 radical (unpaired) electrons. The number of ether oxygens (including phenoxy) is 1. The number of fused-ring (bicyclic) bond motifs is 1. The van der Waals surface area contributed by atoms with Gasteiger partial charge in [0.05, 0.1) is 29.0 Å². The molecule has 1 fully saturated rings. The monoisotopic (exact) mass is 461 g/mol. The molecule has 2 aliphatic rings. The van der Waals surface area contributed by atoms with Crippen molar-refractivity contribution in [3.05, 3.63) is 54.1 Å². The summed E-state index contributed by atoms with van der Waals surface area (Å²) in [5.41, 5.74) is 1.54. The van der Waals surface area contributed by atoms with Gasteiger partial charge in [0.25, 0.3) is 0 Å². The molecular formula is C21H23N3O5S2. The van der Waals surface area contributed by atoms with E-state index in [4.69, 9.17) is 4.74 Å². The number of sulfonamides is 1. The van der Waals surface area contributed by atoms with Crippen molar-refractivity contribution in [3.63, 3.8) is 0 Å². The van der Waals surface area contributed by atoms with E-state index < -0.39 is 15.3 Å². The summed E-state index contributed by atoms with van der Waals surface area (Å²) in [5, 5.41) is 5.14. The molecule has 164 valence electrons. The van der Waals surface area contributed by atoms with Crippen molar-refractivity contribution in [1.29, 1.82) is 0 Å². The van der Waals surface area contributed by atoms with Gasteiger partial charge in [0.1, 0.15) is 0 Å². The number of rotatable bonds is 6. The Labute approximate surface area is 185 Å². The van der Waals surface area contributed by atoms with E-state index in [1.807, 2.05) is 24.3 Å². The molecule has 0 saturated carbocycles. The Balaban J connectivity index is 1.31. The lowest BCUT2D eigenvalue weighted by Crippen LogP contribution is -2.40. The fourth-order valence-electron chi connectivity index (χ4n) is 3.38. The molecule has 2 aromatic carbocycles. The number of hydrogen-bond acceptors (Lipinski definition) is 6. The number of amides is 2. The van der Waals surface area contributed by atoms with Crippen LogP contribution in [0.25, 0.3) is 0 Å². The van der Waals surface area contributed by atoms with Gasteiger partial charge in [0, 0.05) is 31.0 Å². The summed E-state index contributed by atoms with van der Waals surface area (Å²) in [6, 6.07) is 14.0. The molecule has 2 amide bonds. The van der Waals surface area contributed by atoms with Crippen molar-refractivity contribution in [2.24, 2.45) is 0 Å².